The first-order valence-corrected chi connectivity index (χ1v) is 7.02. The van der Waals surface area contributed by atoms with Gasteiger partial charge in [-0.2, -0.15) is 0 Å². The molecule has 2 aromatic rings. The Balaban J connectivity index is 2.22. The summed E-state index contributed by atoms with van der Waals surface area (Å²) in [4.78, 5) is 18.2. The zero-order chi connectivity index (χ0) is 14.7. The van der Waals surface area contributed by atoms with Gasteiger partial charge in [0.05, 0.1) is 6.04 Å². The van der Waals surface area contributed by atoms with Gasteiger partial charge >= 0.3 is 0 Å². The van der Waals surface area contributed by atoms with Crippen LogP contribution in [0.2, 0.25) is 0 Å². The number of amides is 1. The summed E-state index contributed by atoms with van der Waals surface area (Å²) in [5.41, 5.74) is 8.01. The van der Waals surface area contributed by atoms with E-state index < -0.39 is 0 Å². The molecule has 0 radical (unpaired) electrons. The number of halogens is 1. The fourth-order valence-electron chi connectivity index (χ4n) is 1.91. The number of benzene rings is 1. The molecule has 104 valence electrons. The Hall–Kier alpha value is -1.88. The zero-order valence-corrected chi connectivity index (χ0v) is 13.0. The van der Waals surface area contributed by atoms with Gasteiger partial charge in [-0.3, -0.25) is 9.78 Å². The standard InChI is InChI=1S/C15H16BrN3O/c1-10(11-5-7-18-8-6-11)19(2)15(20)12-3-4-14(17)13(16)9-12/h3-10H,17H2,1-2H3. The number of anilines is 1. The minimum Gasteiger partial charge on any atom is -0.398 e. The Kier molecular flexibility index (Phi) is 4.39. The quantitative estimate of drug-likeness (QED) is 0.877. The van der Waals surface area contributed by atoms with Crippen molar-refractivity contribution in [3.63, 3.8) is 0 Å². The molecule has 5 heteroatoms. The third-order valence-electron chi connectivity index (χ3n) is 3.34. The van der Waals surface area contributed by atoms with Crippen LogP contribution in [0.25, 0.3) is 0 Å². The second kappa shape index (κ2) is 6.05. The summed E-state index contributed by atoms with van der Waals surface area (Å²) in [5, 5.41) is 0. The van der Waals surface area contributed by atoms with E-state index in [1.165, 1.54) is 0 Å². The van der Waals surface area contributed by atoms with Crippen LogP contribution in [0.5, 0.6) is 0 Å². The van der Waals surface area contributed by atoms with Gasteiger partial charge in [-0.1, -0.05) is 0 Å². The Morgan fingerprint density at radius 3 is 2.55 bits per heavy atom. The molecule has 1 aromatic heterocycles. The molecular formula is C15H16BrN3O. The van der Waals surface area contributed by atoms with Gasteiger partial charge in [-0.05, 0) is 58.7 Å². The third-order valence-corrected chi connectivity index (χ3v) is 4.02. The summed E-state index contributed by atoms with van der Waals surface area (Å²) < 4.78 is 0.730. The molecular weight excluding hydrogens is 318 g/mol. The monoisotopic (exact) mass is 333 g/mol. The smallest absolute Gasteiger partial charge is 0.254 e. The number of nitrogens with two attached hydrogens (primary N) is 1. The average Bonchev–Trinajstić information content (AvgIpc) is 2.48. The van der Waals surface area contributed by atoms with Crippen molar-refractivity contribution in [2.45, 2.75) is 13.0 Å². The first kappa shape index (κ1) is 14.5. The molecule has 2 N–H and O–H groups in total. The van der Waals surface area contributed by atoms with Crippen molar-refractivity contribution in [2.75, 3.05) is 12.8 Å². The molecule has 1 aromatic carbocycles. The van der Waals surface area contributed by atoms with E-state index in [0.29, 0.717) is 11.3 Å². The fraction of sp³-hybridized carbons (Fsp3) is 0.200. The third kappa shape index (κ3) is 2.99. The lowest BCUT2D eigenvalue weighted by Crippen LogP contribution is -2.29. The van der Waals surface area contributed by atoms with E-state index in [4.69, 9.17) is 5.73 Å². The number of aromatic nitrogens is 1. The van der Waals surface area contributed by atoms with Gasteiger partial charge in [0.1, 0.15) is 0 Å². The second-order valence-electron chi connectivity index (χ2n) is 4.61. The molecule has 2 rings (SSSR count). The normalized spacial score (nSPS) is 11.9. The Labute approximate surface area is 126 Å². The van der Waals surface area contributed by atoms with Gasteiger partial charge < -0.3 is 10.6 Å². The highest BCUT2D eigenvalue weighted by molar-refractivity contribution is 9.10. The molecule has 0 spiro atoms. The lowest BCUT2D eigenvalue weighted by molar-refractivity contribution is 0.0742. The second-order valence-corrected chi connectivity index (χ2v) is 5.46. The van der Waals surface area contributed by atoms with Crippen molar-refractivity contribution in [1.29, 1.82) is 0 Å². The molecule has 1 unspecified atom stereocenters. The van der Waals surface area contributed by atoms with Crippen molar-refractivity contribution in [2.24, 2.45) is 0 Å². The molecule has 0 fully saturated rings. The van der Waals surface area contributed by atoms with Crippen LogP contribution < -0.4 is 5.73 Å². The Morgan fingerprint density at radius 1 is 1.30 bits per heavy atom. The summed E-state index contributed by atoms with van der Waals surface area (Å²) in [6.45, 7) is 1.99. The molecule has 0 bridgehead atoms. The Morgan fingerprint density at radius 2 is 1.95 bits per heavy atom. The molecule has 0 saturated heterocycles. The van der Waals surface area contributed by atoms with Crippen LogP contribution in [0.4, 0.5) is 5.69 Å². The van der Waals surface area contributed by atoms with Gasteiger partial charge in [0.25, 0.3) is 5.91 Å². The van der Waals surface area contributed by atoms with Crippen LogP contribution >= 0.6 is 15.9 Å². The summed E-state index contributed by atoms with van der Waals surface area (Å²) in [6.07, 6.45) is 3.45. The molecule has 4 nitrogen and oxygen atoms in total. The number of carbonyl (C=O) groups excluding carboxylic acids is 1. The van der Waals surface area contributed by atoms with Crippen molar-refractivity contribution in [3.8, 4) is 0 Å². The predicted octanol–water partition coefficient (Wildman–Crippen LogP) is 3.26. The van der Waals surface area contributed by atoms with Crippen LogP contribution in [0, 0.1) is 0 Å². The molecule has 0 aliphatic carbocycles. The van der Waals surface area contributed by atoms with Crippen LogP contribution in [0.15, 0.2) is 47.2 Å². The van der Waals surface area contributed by atoms with Gasteiger partial charge in [0, 0.05) is 35.2 Å². The SMILES string of the molecule is CC(c1ccncc1)N(C)C(=O)c1ccc(N)c(Br)c1. The predicted molar refractivity (Wildman–Crippen MR) is 83.3 cm³/mol. The minimum absolute atomic E-state index is 0.0261. The van der Waals surface area contributed by atoms with E-state index in [2.05, 4.69) is 20.9 Å². The van der Waals surface area contributed by atoms with Crippen LogP contribution in [0.1, 0.15) is 28.9 Å². The van der Waals surface area contributed by atoms with E-state index in [-0.39, 0.29) is 11.9 Å². The summed E-state index contributed by atoms with van der Waals surface area (Å²) in [5.74, 6) is -0.0463. The molecule has 1 amide bonds. The maximum atomic E-state index is 12.5. The number of hydrogen-bond donors (Lipinski definition) is 1. The number of hydrogen-bond acceptors (Lipinski definition) is 3. The van der Waals surface area contributed by atoms with E-state index >= 15 is 0 Å². The van der Waals surface area contributed by atoms with Crippen molar-refractivity contribution < 1.29 is 4.79 Å². The maximum absolute atomic E-state index is 12.5. The Bertz CT molecular complexity index is 616. The number of nitrogen functional groups attached to an aromatic ring is 1. The lowest BCUT2D eigenvalue weighted by Gasteiger charge is -2.25. The van der Waals surface area contributed by atoms with Crippen molar-refractivity contribution in [3.05, 3.63) is 58.3 Å². The molecule has 1 atom stereocenters. The first-order valence-electron chi connectivity index (χ1n) is 6.23. The number of nitrogens with zero attached hydrogens (tertiary/aromatic N) is 2. The van der Waals surface area contributed by atoms with Gasteiger partial charge in [0.2, 0.25) is 0 Å². The van der Waals surface area contributed by atoms with Gasteiger partial charge in [-0.15, -0.1) is 0 Å². The van der Waals surface area contributed by atoms with Crippen LogP contribution in [-0.4, -0.2) is 22.8 Å². The molecule has 0 aliphatic heterocycles. The molecule has 20 heavy (non-hydrogen) atoms. The average molecular weight is 334 g/mol. The zero-order valence-electron chi connectivity index (χ0n) is 11.4. The molecule has 1 heterocycles. The fourth-order valence-corrected chi connectivity index (χ4v) is 2.28. The molecule has 0 saturated carbocycles. The van der Waals surface area contributed by atoms with Crippen molar-refractivity contribution >= 4 is 27.5 Å². The number of carbonyl (C=O) groups is 1. The first-order chi connectivity index (χ1) is 9.50. The van der Waals surface area contributed by atoms with Gasteiger partial charge in [0.15, 0.2) is 0 Å². The van der Waals surface area contributed by atoms with E-state index in [0.717, 1.165) is 10.0 Å². The molecule has 0 aliphatic rings. The summed E-state index contributed by atoms with van der Waals surface area (Å²) in [6, 6.07) is 9.00. The van der Waals surface area contributed by atoms with E-state index in [1.807, 2.05) is 19.1 Å². The summed E-state index contributed by atoms with van der Waals surface area (Å²) in [7, 11) is 1.79. The largest absolute Gasteiger partial charge is 0.398 e. The highest BCUT2D eigenvalue weighted by Gasteiger charge is 2.19. The minimum atomic E-state index is -0.0463. The van der Waals surface area contributed by atoms with E-state index in [9.17, 15) is 4.79 Å². The van der Waals surface area contributed by atoms with Crippen LogP contribution in [0.3, 0.4) is 0 Å². The van der Waals surface area contributed by atoms with E-state index in [1.54, 1.807) is 42.5 Å². The summed E-state index contributed by atoms with van der Waals surface area (Å²) >= 11 is 3.34. The lowest BCUT2D eigenvalue weighted by atomic mass is 10.1. The van der Waals surface area contributed by atoms with Crippen molar-refractivity contribution in [1.82, 2.24) is 9.88 Å². The van der Waals surface area contributed by atoms with Crippen LogP contribution in [-0.2, 0) is 0 Å². The number of rotatable bonds is 3. The highest BCUT2D eigenvalue weighted by Crippen LogP contribution is 2.24. The maximum Gasteiger partial charge on any atom is 0.254 e. The number of pyridine rings is 1. The van der Waals surface area contributed by atoms with Gasteiger partial charge in [-0.25, -0.2) is 0 Å². The topological polar surface area (TPSA) is 59.2 Å². The highest BCUT2D eigenvalue weighted by atomic mass is 79.9.